The molecular weight excluding hydrogens is 538 g/mol. The Bertz CT molecular complexity index is 1320. The number of rotatable bonds is 11. The van der Waals surface area contributed by atoms with Crippen LogP contribution in [0.4, 0.5) is 11.4 Å². The van der Waals surface area contributed by atoms with Crippen molar-refractivity contribution in [1.82, 2.24) is 4.90 Å². The molecule has 2 bridgehead atoms. The van der Waals surface area contributed by atoms with Crippen LogP contribution in [0.15, 0.2) is 67.3 Å². The van der Waals surface area contributed by atoms with Crippen LogP contribution in [0.5, 0.6) is 0 Å². The van der Waals surface area contributed by atoms with Crippen molar-refractivity contribution in [2.75, 3.05) is 36.0 Å². The van der Waals surface area contributed by atoms with Gasteiger partial charge in [-0.25, -0.2) is 0 Å². The van der Waals surface area contributed by atoms with E-state index >= 15 is 0 Å². The minimum Gasteiger partial charge on any atom is -0.481 e. The SMILES string of the molecule is C=CCN(C(=O)C1N([C@H](CO)c2ccccc2)C(=O)[C@@H]2[C@H](C(=O)O)[C@]3(C)CCC12S3)c1ccc(N(CC)CC)cc1. The molecular formula is C32H39N3O5S. The fraction of sp³-hybridized carbons (Fsp3) is 0.469. The predicted molar refractivity (Wildman–Crippen MR) is 162 cm³/mol. The average Bonchev–Trinajstić information content (AvgIpc) is 3.54. The molecule has 8 nitrogen and oxygen atoms in total. The number of aliphatic hydroxyl groups excluding tert-OH is 1. The van der Waals surface area contributed by atoms with Gasteiger partial charge in [-0.05, 0) is 63.4 Å². The molecule has 3 saturated heterocycles. The minimum absolute atomic E-state index is 0.224. The van der Waals surface area contributed by atoms with E-state index in [9.17, 15) is 24.6 Å². The number of anilines is 2. The van der Waals surface area contributed by atoms with Crippen molar-refractivity contribution >= 4 is 40.9 Å². The fourth-order valence-electron chi connectivity index (χ4n) is 7.42. The highest BCUT2D eigenvalue weighted by Gasteiger charge is 2.78. The number of hydrogen-bond donors (Lipinski definition) is 2. The van der Waals surface area contributed by atoms with Gasteiger partial charge in [-0.2, -0.15) is 0 Å². The van der Waals surface area contributed by atoms with Crippen LogP contribution in [0.3, 0.4) is 0 Å². The lowest BCUT2D eigenvalue weighted by molar-refractivity contribution is -0.150. The number of fused-ring (bicyclic) bond motifs is 1. The molecule has 1 spiro atoms. The van der Waals surface area contributed by atoms with Gasteiger partial charge in [0.25, 0.3) is 5.91 Å². The number of benzene rings is 2. The molecule has 0 aromatic heterocycles. The number of carbonyl (C=O) groups excluding carboxylic acids is 2. The van der Waals surface area contributed by atoms with Crippen LogP contribution in [0.1, 0.15) is 45.2 Å². The molecule has 3 heterocycles. The summed E-state index contributed by atoms with van der Waals surface area (Å²) in [6.07, 6.45) is 2.82. The van der Waals surface area contributed by atoms with E-state index in [1.165, 1.54) is 16.7 Å². The highest BCUT2D eigenvalue weighted by Crippen LogP contribution is 2.72. The van der Waals surface area contributed by atoms with E-state index in [1.54, 1.807) is 11.0 Å². The standard InChI is InChI=1S/C32H39N3O5S/c1-5-19-34(23-15-13-22(14-16-23)33(6-2)7-3)29(38)27-32-18-17-31(4,41-32)26(30(39)40)25(32)28(37)35(27)24(20-36)21-11-9-8-10-12-21/h5,8-16,24-27,36H,1,6-7,17-20H2,2-4H3,(H,39,40)/t24-,25+,26-,27?,31+,32?/m1/s1. The van der Waals surface area contributed by atoms with E-state index in [0.717, 1.165) is 18.8 Å². The summed E-state index contributed by atoms with van der Waals surface area (Å²) >= 11 is 1.49. The summed E-state index contributed by atoms with van der Waals surface area (Å²) in [5.74, 6) is -3.43. The number of likely N-dealkylation sites (tertiary alicyclic amines) is 1. The van der Waals surface area contributed by atoms with Crippen LogP contribution >= 0.6 is 11.8 Å². The lowest BCUT2D eigenvalue weighted by Crippen LogP contribution is -2.56. The Balaban J connectivity index is 1.62. The molecule has 0 radical (unpaired) electrons. The molecule has 3 aliphatic rings. The predicted octanol–water partition coefficient (Wildman–Crippen LogP) is 4.35. The largest absolute Gasteiger partial charge is 0.481 e. The maximum absolute atomic E-state index is 14.8. The third-order valence-electron chi connectivity index (χ3n) is 9.28. The first kappa shape index (κ1) is 29.2. The Morgan fingerprint density at radius 1 is 1.10 bits per heavy atom. The fourth-order valence-corrected chi connectivity index (χ4v) is 9.75. The van der Waals surface area contributed by atoms with Crippen molar-refractivity contribution in [3.63, 3.8) is 0 Å². The number of thioether (sulfide) groups is 1. The van der Waals surface area contributed by atoms with Gasteiger partial charge >= 0.3 is 5.97 Å². The maximum Gasteiger partial charge on any atom is 0.308 e. The maximum atomic E-state index is 14.8. The van der Waals surface area contributed by atoms with Crippen molar-refractivity contribution < 1.29 is 24.6 Å². The number of aliphatic hydroxyl groups is 1. The number of carboxylic acids is 1. The number of amides is 2. The molecule has 3 fully saturated rings. The summed E-state index contributed by atoms with van der Waals surface area (Å²) in [5, 5.41) is 21.0. The van der Waals surface area contributed by atoms with Crippen molar-refractivity contribution in [2.24, 2.45) is 11.8 Å². The third-order valence-corrected chi connectivity index (χ3v) is 11.3. The van der Waals surface area contributed by atoms with Gasteiger partial charge in [-0.1, -0.05) is 36.4 Å². The Morgan fingerprint density at radius 3 is 2.29 bits per heavy atom. The van der Waals surface area contributed by atoms with Crippen molar-refractivity contribution in [1.29, 1.82) is 0 Å². The van der Waals surface area contributed by atoms with E-state index in [0.29, 0.717) is 24.1 Å². The second-order valence-electron chi connectivity index (χ2n) is 11.3. The van der Waals surface area contributed by atoms with Gasteiger partial charge in [0.05, 0.1) is 29.2 Å². The summed E-state index contributed by atoms with van der Waals surface area (Å²) in [5.41, 5.74) is 2.43. The number of carbonyl (C=O) groups is 3. The zero-order valence-corrected chi connectivity index (χ0v) is 24.7. The Labute approximate surface area is 246 Å². The average molecular weight is 578 g/mol. The summed E-state index contributed by atoms with van der Waals surface area (Å²) in [4.78, 5) is 47.2. The monoisotopic (exact) mass is 577 g/mol. The molecule has 0 aliphatic carbocycles. The van der Waals surface area contributed by atoms with Gasteiger partial charge < -0.3 is 24.9 Å². The van der Waals surface area contributed by atoms with Crippen LogP contribution in [-0.4, -0.2) is 74.7 Å². The summed E-state index contributed by atoms with van der Waals surface area (Å²) in [6.45, 7) is 11.5. The smallest absolute Gasteiger partial charge is 0.308 e. The van der Waals surface area contributed by atoms with E-state index in [4.69, 9.17) is 0 Å². The van der Waals surface area contributed by atoms with E-state index in [2.05, 4.69) is 25.3 Å². The van der Waals surface area contributed by atoms with Gasteiger partial charge in [0.1, 0.15) is 6.04 Å². The number of hydrogen-bond acceptors (Lipinski definition) is 6. The van der Waals surface area contributed by atoms with Gasteiger partial charge in [-0.3, -0.25) is 14.4 Å². The van der Waals surface area contributed by atoms with Crippen LogP contribution in [0, 0.1) is 11.8 Å². The zero-order valence-electron chi connectivity index (χ0n) is 23.9. The second-order valence-corrected chi connectivity index (χ2v) is 13.2. The second kappa shape index (κ2) is 11.2. The lowest BCUT2D eigenvalue weighted by Gasteiger charge is -2.39. The van der Waals surface area contributed by atoms with Crippen molar-refractivity contribution in [3.8, 4) is 0 Å². The lowest BCUT2D eigenvalue weighted by atomic mass is 9.66. The molecule has 6 atom stereocenters. The molecule has 218 valence electrons. The summed E-state index contributed by atoms with van der Waals surface area (Å²) in [6, 6.07) is 15.2. The molecule has 9 heteroatoms. The van der Waals surface area contributed by atoms with Crippen LogP contribution in [0.25, 0.3) is 0 Å². The number of aliphatic carboxylic acids is 1. The molecule has 2 N–H and O–H groups in total. The van der Waals surface area contributed by atoms with E-state index in [1.807, 2.05) is 61.5 Å². The third kappa shape index (κ3) is 4.54. The molecule has 2 aromatic rings. The number of carboxylic acid groups (broad SMARTS) is 1. The Kier molecular flexibility index (Phi) is 7.96. The normalized spacial score (nSPS) is 28.8. The van der Waals surface area contributed by atoms with Gasteiger partial charge in [0.15, 0.2) is 0 Å². The van der Waals surface area contributed by atoms with Gasteiger partial charge in [0, 0.05) is 35.8 Å². The minimum atomic E-state index is -1.01. The Morgan fingerprint density at radius 2 is 1.73 bits per heavy atom. The van der Waals surface area contributed by atoms with E-state index < -0.39 is 39.4 Å². The quantitative estimate of drug-likeness (QED) is 0.383. The van der Waals surface area contributed by atoms with Gasteiger partial charge in [0.2, 0.25) is 5.91 Å². The topological polar surface area (TPSA) is 101 Å². The first-order chi connectivity index (χ1) is 19.7. The van der Waals surface area contributed by atoms with Crippen LogP contribution in [0.2, 0.25) is 0 Å². The first-order valence-electron chi connectivity index (χ1n) is 14.4. The van der Waals surface area contributed by atoms with Crippen molar-refractivity contribution in [3.05, 3.63) is 72.8 Å². The van der Waals surface area contributed by atoms with Crippen LogP contribution < -0.4 is 9.80 Å². The molecule has 2 amide bonds. The highest BCUT2D eigenvalue weighted by molar-refractivity contribution is 8.02. The number of nitrogens with zero attached hydrogens (tertiary/aromatic N) is 3. The Hall–Kier alpha value is -3.30. The molecule has 0 saturated carbocycles. The molecule has 41 heavy (non-hydrogen) atoms. The molecule has 5 rings (SSSR count). The molecule has 3 aliphatic heterocycles. The summed E-state index contributed by atoms with van der Waals surface area (Å²) in [7, 11) is 0. The van der Waals surface area contributed by atoms with E-state index in [-0.39, 0.29) is 25.0 Å². The molecule has 2 aromatic carbocycles. The first-order valence-corrected chi connectivity index (χ1v) is 15.2. The zero-order chi connectivity index (χ0) is 29.5. The van der Waals surface area contributed by atoms with Crippen molar-refractivity contribution in [2.45, 2.75) is 55.2 Å². The molecule has 2 unspecified atom stereocenters. The van der Waals surface area contributed by atoms with Crippen LogP contribution in [-0.2, 0) is 14.4 Å². The summed E-state index contributed by atoms with van der Waals surface area (Å²) < 4.78 is -1.55. The highest BCUT2D eigenvalue weighted by atomic mass is 32.2. The van der Waals surface area contributed by atoms with Gasteiger partial charge in [-0.15, -0.1) is 18.3 Å².